The Morgan fingerprint density at radius 1 is 1.16 bits per heavy atom. The summed E-state index contributed by atoms with van der Waals surface area (Å²) >= 11 is 1.34. The number of rotatable bonds is 5. The lowest BCUT2D eigenvalue weighted by atomic mass is 10.2. The summed E-state index contributed by atoms with van der Waals surface area (Å²) in [6, 6.07) is 15.7. The fraction of sp³-hybridized carbons (Fsp3) is 0.158. The lowest BCUT2D eigenvalue weighted by Gasteiger charge is -2.08. The molecule has 6 heteroatoms. The Bertz CT molecular complexity index is 986. The monoisotopic (exact) mass is 351 g/mol. The quantitative estimate of drug-likeness (QED) is 0.508. The van der Waals surface area contributed by atoms with Gasteiger partial charge in [0.05, 0.1) is 30.2 Å². The van der Waals surface area contributed by atoms with Gasteiger partial charge in [0.1, 0.15) is 6.07 Å². The third-order valence-electron chi connectivity index (χ3n) is 3.76. The van der Waals surface area contributed by atoms with Gasteiger partial charge in [0.15, 0.2) is 16.7 Å². The molecule has 0 fully saturated rings. The van der Waals surface area contributed by atoms with Gasteiger partial charge in [-0.1, -0.05) is 18.2 Å². The lowest BCUT2D eigenvalue weighted by molar-refractivity contribution is 0.355. The number of para-hydroxylation sites is 2. The van der Waals surface area contributed by atoms with Gasteiger partial charge < -0.3 is 14.0 Å². The molecular weight excluding hydrogens is 334 g/mol. The van der Waals surface area contributed by atoms with Crippen molar-refractivity contribution in [1.82, 2.24) is 9.55 Å². The first-order valence-corrected chi connectivity index (χ1v) is 8.41. The van der Waals surface area contributed by atoms with Crippen molar-refractivity contribution in [2.24, 2.45) is 7.05 Å². The summed E-state index contributed by atoms with van der Waals surface area (Å²) in [6.07, 6.45) is 1.81. The van der Waals surface area contributed by atoms with Gasteiger partial charge in [0.25, 0.3) is 0 Å². The van der Waals surface area contributed by atoms with Crippen LogP contribution in [0.1, 0.15) is 5.56 Å². The number of imidazole rings is 1. The fourth-order valence-corrected chi connectivity index (χ4v) is 3.31. The average Bonchev–Trinajstić information content (AvgIpc) is 2.97. The van der Waals surface area contributed by atoms with E-state index >= 15 is 0 Å². The molecule has 3 aromatic rings. The normalized spacial score (nSPS) is 11.4. The van der Waals surface area contributed by atoms with Gasteiger partial charge in [-0.15, -0.1) is 0 Å². The predicted octanol–water partition coefficient (Wildman–Crippen LogP) is 4.25. The number of ether oxygens (including phenoxy) is 2. The Kier molecular flexibility index (Phi) is 4.96. The first-order valence-electron chi connectivity index (χ1n) is 7.59. The maximum absolute atomic E-state index is 9.51. The molecule has 3 rings (SSSR count). The van der Waals surface area contributed by atoms with Crippen LogP contribution in [0, 0.1) is 11.3 Å². The van der Waals surface area contributed by atoms with E-state index in [0.29, 0.717) is 16.4 Å². The van der Waals surface area contributed by atoms with Gasteiger partial charge in [0, 0.05) is 7.05 Å². The van der Waals surface area contributed by atoms with E-state index in [1.807, 2.05) is 60.2 Å². The molecule has 2 aromatic carbocycles. The Morgan fingerprint density at radius 2 is 1.92 bits per heavy atom. The maximum atomic E-state index is 9.51. The molecule has 0 aliphatic heterocycles. The third kappa shape index (κ3) is 3.47. The number of hydrogen-bond acceptors (Lipinski definition) is 5. The summed E-state index contributed by atoms with van der Waals surface area (Å²) in [5, 5.41) is 10.3. The van der Waals surface area contributed by atoms with E-state index in [9.17, 15) is 5.26 Å². The second-order valence-corrected chi connectivity index (χ2v) is 6.29. The lowest BCUT2D eigenvalue weighted by Crippen LogP contribution is -1.91. The van der Waals surface area contributed by atoms with E-state index in [0.717, 1.165) is 21.8 Å². The topological polar surface area (TPSA) is 60.1 Å². The van der Waals surface area contributed by atoms with Gasteiger partial charge in [0.2, 0.25) is 0 Å². The zero-order valence-corrected chi connectivity index (χ0v) is 15.0. The molecule has 0 radical (unpaired) electrons. The Morgan fingerprint density at radius 3 is 2.60 bits per heavy atom. The third-order valence-corrected chi connectivity index (χ3v) is 4.74. The molecule has 0 aliphatic carbocycles. The van der Waals surface area contributed by atoms with E-state index in [1.165, 1.54) is 11.8 Å². The van der Waals surface area contributed by atoms with Gasteiger partial charge >= 0.3 is 0 Å². The highest BCUT2D eigenvalue weighted by Gasteiger charge is 2.11. The fourth-order valence-electron chi connectivity index (χ4n) is 2.49. The number of nitriles is 1. The Hall–Kier alpha value is -2.91. The zero-order chi connectivity index (χ0) is 17.8. The summed E-state index contributed by atoms with van der Waals surface area (Å²) in [5.74, 6) is 1.28. The van der Waals surface area contributed by atoms with Crippen LogP contribution in [-0.4, -0.2) is 23.8 Å². The number of allylic oxidation sites excluding steroid dienone is 1. The number of thioether (sulfide) groups is 1. The molecular formula is C19H17N3O2S. The summed E-state index contributed by atoms with van der Waals surface area (Å²) in [6.45, 7) is 0. The van der Waals surface area contributed by atoms with Crippen molar-refractivity contribution >= 4 is 28.9 Å². The van der Waals surface area contributed by atoms with Crippen LogP contribution >= 0.6 is 11.8 Å². The number of hydrogen-bond donors (Lipinski definition) is 0. The first-order chi connectivity index (χ1) is 12.2. The minimum absolute atomic E-state index is 0.547. The van der Waals surface area contributed by atoms with Gasteiger partial charge in [-0.3, -0.25) is 0 Å². The van der Waals surface area contributed by atoms with E-state index in [-0.39, 0.29) is 0 Å². The van der Waals surface area contributed by atoms with E-state index in [4.69, 9.17) is 9.47 Å². The molecule has 0 amide bonds. The van der Waals surface area contributed by atoms with E-state index < -0.39 is 0 Å². The molecule has 5 nitrogen and oxygen atoms in total. The van der Waals surface area contributed by atoms with Gasteiger partial charge in [-0.25, -0.2) is 4.98 Å². The van der Waals surface area contributed by atoms with Crippen LogP contribution in [0.25, 0.3) is 17.1 Å². The number of benzene rings is 2. The number of nitrogens with zero attached hydrogens (tertiary/aromatic N) is 3. The number of fused-ring (bicyclic) bond motifs is 1. The van der Waals surface area contributed by atoms with Crippen LogP contribution in [0.3, 0.4) is 0 Å². The molecule has 1 aromatic heterocycles. The highest BCUT2D eigenvalue weighted by molar-refractivity contribution is 8.03. The van der Waals surface area contributed by atoms with Crippen molar-refractivity contribution in [3.05, 3.63) is 52.9 Å². The summed E-state index contributed by atoms with van der Waals surface area (Å²) in [7, 11) is 5.13. The predicted molar refractivity (Wildman–Crippen MR) is 99.7 cm³/mol. The molecule has 0 bridgehead atoms. The van der Waals surface area contributed by atoms with Gasteiger partial charge in [-0.05, 0) is 47.7 Å². The van der Waals surface area contributed by atoms with E-state index in [1.54, 1.807) is 14.2 Å². The molecule has 0 spiro atoms. The van der Waals surface area contributed by atoms with Crippen molar-refractivity contribution < 1.29 is 9.47 Å². The average molecular weight is 351 g/mol. The molecule has 0 saturated heterocycles. The van der Waals surface area contributed by atoms with Crippen molar-refractivity contribution in [2.45, 2.75) is 5.16 Å². The first kappa shape index (κ1) is 16.9. The zero-order valence-electron chi connectivity index (χ0n) is 14.2. The molecule has 1 heterocycles. The minimum atomic E-state index is 0.547. The van der Waals surface area contributed by atoms with Crippen molar-refractivity contribution in [2.75, 3.05) is 14.2 Å². The molecule has 0 aliphatic rings. The van der Waals surface area contributed by atoms with Crippen LogP contribution in [0.4, 0.5) is 0 Å². The SMILES string of the molecule is COc1ccc(/C=C(\C#N)Sc2nc3ccccc3n2C)cc1OC. The van der Waals surface area contributed by atoms with Crippen molar-refractivity contribution in [3.63, 3.8) is 0 Å². The number of aromatic nitrogens is 2. The van der Waals surface area contributed by atoms with Crippen LogP contribution in [-0.2, 0) is 7.05 Å². The van der Waals surface area contributed by atoms with E-state index in [2.05, 4.69) is 11.1 Å². The van der Waals surface area contributed by atoms with Crippen molar-refractivity contribution in [3.8, 4) is 17.6 Å². The van der Waals surface area contributed by atoms with Crippen LogP contribution in [0.15, 0.2) is 52.5 Å². The van der Waals surface area contributed by atoms with Crippen LogP contribution < -0.4 is 9.47 Å². The number of aryl methyl sites for hydroxylation is 1. The minimum Gasteiger partial charge on any atom is -0.493 e. The molecule has 126 valence electrons. The largest absolute Gasteiger partial charge is 0.493 e. The Labute approximate surface area is 150 Å². The molecule has 0 atom stereocenters. The Balaban J connectivity index is 1.93. The standard InChI is InChI=1S/C19H17N3O2S/c1-22-16-7-5-4-6-15(16)21-19(22)25-14(12-20)10-13-8-9-17(23-2)18(11-13)24-3/h4-11H,1-3H3/b14-10+. The van der Waals surface area contributed by atoms with Crippen molar-refractivity contribution in [1.29, 1.82) is 5.26 Å². The maximum Gasteiger partial charge on any atom is 0.174 e. The molecule has 0 N–H and O–H groups in total. The molecule has 0 saturated carbocycles. The van der Waals surface area contributed by atoms with Crippen LogP contribution in [0.2, 0.25) is 0 Å². The number of methoxy groups -OCH3 is 2. The van der Waals surface area contributed by atoms with Gasteiger partial charge in [-0.2, -0.15) is 5.26 Å². The highest BCUT2D eigenvalue weighted by atomic mass is 32.2. The summed E-state index contributed by atoms with van der Waals surface area (Å²) in [4.78, 5) is 5.14. The van der Waals surface area contributed by atoms with Crippen LogP contribution in [0.5, 0.6) is 11.5 Å². The summed E-state index contributed by atoms with van der Waals surface area (Å²) < 4.78 is 12.5. The summed E-state index contributed by atoms with van der Waals surface area (Å²) in [5.41, 5.74) is 2.81. The second-order valence-electron chi connectivity index (χ2n) is 5.28. The molecule has 0 unspecified atom stereocenters. The highest BCUT2D eigenvalue weighted by Crippen LogP contribution is 2.32. The molecule has 25 heavy (non-hydrogen) atoms. The smallest absolute Gasteiger partial charge is 0.174 e. The second kappa shape index (κ2) is 7.32.